The summed E-state index contributed by atoms with van der Waals surface area (Å²) in [6.45, 7) is 2.15. The van der Waals surface area contributed by atoms with Gasteiger partial charge in [-0.1, -0.05) is 55.5 Å². The SMILES string of the molecule is CCc1ccc(-c2ccc(-c3ncc(C#N)cn3)cc2)cc1. The molecule has 3 heteroatoms. The summed E-state index contributed by atoms with van der Waals surface area (Å²) in [6.07, 6.45) is 4.13. The lowest BCUT2D eigenvalue weighted by molar-refractivity contribution is 1.14. The minimum Gasteiger partial charge on any atom is -0.235 e. The highest BCUT2D eigenvalue weighted by atomic mass is 14.9. The average Bonchev–Trinajstić information content (AvgIpc) is 2.62. The standard InChI is InChI=1S/C19H15N3/c1-2-14-3-5-16(6-4-14)17-7-9-18(10-8-17)19-21-12-15(11-20)13-22-19/h3-10,12-13H,2H2,1H3. The van der Waals surface area contributed by atoms with Gasteiger partial charge in [-0.05, 0) is 23.1 Å². The smallest absolute Gasteiger partial charge is 0.159 e. The Morgan fingerprint density at radius 1 is 0.818 bits per heavy atom. The van der Waals surface area contributed by atoms with Crippen LogP contribution in [0.3, 0.4) is 0 Å². The first-order chi connectivity index (χ1) is 10.8. The Kier molecular flexibility index (Phi) is 3.93. The summed E-state index contributed by atoms with van der Waals surface area (Å²) in [5.41, 5.74) is 5.12. The van der Waals surface area contributed by atoms with Crippen LogP contribution in [0.15, 0.2) is 60.9 Å². The third-order valence-electron chi connectivity index (χ3n) is 3.62. The van der Waals surface area contributed by atoms with Crippen molar-refractivity contribution in [2.75, 3.05) is 0 Å². The van der Waals surface area contributed by atoms with E-state index >= 15 is 0 Å². The van der Waals surface area contributed by atoms with Crippen LogP contribution >= 0.6 is 0 Å². The maximum Gasteiger partial charge on any atom is 0.159 e. The predicted octanol–water partition coefficient (Wildman–Crippen LogP) is 4.24. The summed E-state index contributed by atoms with van der Waals surface area (Å²) in [7, 11) is 0. The molecule has 0 fully saturated rings. The Bertz CT molecular complexity index is 795. The van der Waals surface area contributed by atoms with Gasteiger partial charge in [-0.25, -0.2) is 9.97 Å². The number of nitrogens with zero attached hydrogens (tertiary/aromatic N) is 3. The zero-order valence-corrected chi connectivity index (χ0v) is 12.3. The topological polar surface area (TPSA) is 49.6 Å². The van der Waals surface area contributed by atoms with Crippen molar-refractivity contribution < 1.29 is 0 Å². The van der Waals surface area contributed by atoms with Crippen molar-refractivity contribution >= 4 is 0 Å². The number of aromatic nitrogens is 2. The van der Waals surface area contributed by atoms with Crippen molar-refractivity contribution in [2.24, 2.45) is 0 Å². The Labute approximate surface area is 129 Å². The fraction of sp³-hybridized carbons (Fsp3) is 0.105. The minimum atomic E-state index is 0.469. The molecule has 0 saturated heterocycles. The van der Waals surface area contributed by atoms with Gasteiger partial charge in [0, 0.05) is 18.0 Å². The van der Waals surface area contributed by atoms with Gasteiger partial charge in [-0.15, -0.1) is 0 Å². The fourth-order valence-electron chi connectivity index (χ4n) is 2.28. The summed E-state index contributed by atoms with van der Waals surface area (Å²) < 4.78 is 0. The van der Waals surface area contributed by atoms with E-state index in [4.69, 9.17) is 5.26 Å². The Balaban J connectivity index is 1.86. The average molecular weight is 285 g/mol. The molecule has 0 aliphatic carbocycles. The summed E-state index contributed by atoms with van der Waals surface area (Å²) >= 11 is 0. The third kappa shape index (κ3) is 2.87. The second-order valence-electron chi connectivity index (χ2n) is 5.03. The number of rotatable bonds is 3. The Hall–Kier alpha value is -2.99. The van der Waals surface area contributed by atoms with E-state index in [1.165, 1.54) is 16.7 Å². The van der Waals surface area contributed by atoms with Gasteiger partial charge in [0.15, 0.2) is 5.82 Å². The van der Waals surface area contributed by atoms with E-state index < -0.39 is 0 Å². The van der Waals surface area contributed by atoms with Crippen molar-refractivity contribution in [2.45, 2.75) is 13.3 Å². The van der Waals surface area contributed by atoms with Crippen LogP contribution < -0.4 is 0 Å². The first-order valence-electron chi connectivity index (χ1n) is 7.22. The molecule has 3 rings (SSSR count). The van der Waals surface area contributed by atoms with E-state index in [0.717, 1.165) is 12.0 Å². The van der Waals surface area contributed by atoms with Gasteiger partial charge >= 0.3 is 0 Å². The summed E-state index contributed by atoms with van der Waals surface area (Å²) in [6, 6.07) is 18.8. The molecule has 0 N–H and O–H groups in total. The van der Waals surface area contributed by atoms with Crippen molar-refractivity contribution in [3.05, 3.63) is 72.1 Å². The molecule has 0 unspecified atom stereocenters. The molecule has 0 atom stereocenters. The number of nitriles is 1. The summed E-state index contributed by atoms with van der Waals surface area (Å²) in [4.78, 5) is 8.42. The number of hydrogen-bond acceptors (Lipinski definition) is 3. The Morgan fingerprint density at radius 2 is 1.32 bits per heavy atom. The molecular formula is C19H15N3. The lowest BCUT2D eigenvalue weighted by Crippen LogP contribution is -1.89. The molecule has 0 aliphatic rings. The number of aryl methyl sites for hydroxylation is 1. The lowest BCUT2D eigenvalue weighted by Gasteiger charge is -2.05. The molecule has 0 radical (unpaired) electrons. The molecule has 22 heavy (non-hydrogen) atoms. The highest BCUT2D eigenvalue weighted by molar-refractivity contribution is 5.67. The summed E-state index contributed by atoms with van der Waals surface area (Å²) in [5.74, 6) is 0.631. The number of benzene rings is 2. The quantitative estimate of drug-likeness (QED) is 0.723. The lowest BCUT2D eigenvalue weighted by atomic mass is 10.0. The largest absolute Gasteiger partial charge is 0.235 e. The van der Waals surface area contributed by atoms with E-state index in [9.17, 15) is 0 Å². The second-order valence-corrected chi connectivity index (χ2v) is 5.03. The molecule has 3 nitrogen and oxygen atoms in total. The molecule has 2 aromatic carbocycles. The maximum absolute atomic E-state index is 8.77. The van der Waals surface area contributed by atoms with E-state index in [1.807, 2.05) is 18.2 Å². The molecule has 3 aromatic rings. The predicted molar refractivity (Wildman–Crippen MR) is 87.0 cm³/mol. The molecule has 106 valence electrons. The van der Waals surface area contributed by atoms with Gasteiger partial charge in [-0.3, -0.25) is 0 Å². The second kappa shape index (κ2) is 6.19. The van der Waals surface area contributed by atoms with Crippen LogP contribution in [-0.2, 0) is 6.42 Å². The number of hydrogen-bond donors (Lipinski definition) is 0. The molecule has 0 spiro atoms. The van der Waals surface area contributed by atoms with Gasteiger partial charge in [0.1, 0.15) is 6.07 Å². The van der Waals surface area contributed by atoms with Crippen LogP contribution in [0.1, 0.15) is 18.1 Å². The van der Waals surface area contributed by atoms with Crippen molar-refractivity contribution in [1.82, 2.24) is 9.97 Å². The molecule has 0 saturated carbocycles. The van der Waals surface area contributed by atoms with Crippen LogP contribution in [0.5, 0.6) is 0 Å². The zero-order chi connectivity index (χ0) is 15.4. The highest BCUT2D eigenvalue weighted by Gasteiger charge is 2.03. The van der Waals surface area contributed by atoms with Gasteiger partial charge in [0.25, 0.3) is 0 Å². The van der Waals surface area contributed by atoms with Crippen molar-refractivity contribution in [3.8, 4) is 28.6 Å². The van der Waals surface area contributed by atoms with Crippen LogP contribution in [0, 0.1) is 11.3 Å². The monoisotopic (exact) mass is 285 g/mol. The van der Waals surface area contributed by atoms with Crippen molar-refractivity contribution in [3.63, 3.8) is 0 Å². The van der Waals surface area contributed by atoms with Crippen molar-refractivity contribution in [1.29, 1.82) is 5.26 Å². The molecule has 0 amide bonds. The van der Waals surface area contributed by atoms with Crippen LogP contribution in [0.4, 0.5) is 0 Å². The zero-order valence-electron chi connectivity index (χ0n) is 12.3. The van der Waals surface area contributed by atoms with Crippen LogP contribution in [0.2, 0.25) is 0 Å². The third-order valence-corrected chi connectivity index (χ3v) is 3.62. The van der Waals surface area contributed by atoms with E-state index in [1.54, 1.807) is 12.4 Å². The molecule has 0 bridgehead atoms. The van der Waals surface area contributed by atoms with Gasteiger partial charge in [0.05, 0.1) is 5.56 Å². The highest BCUT2D eigenvalue weighted by Crippen LogP contribution is 2.23. The van der Waals surface area contributed by atoms with Gasteiger partial charge < -0.3 is 0 Å². The minimum absolute atomic E-state index is 0.469. The molecule has 1 aromatic heterocycles. The van der Waals surface area contributed by atoms with E-state index in [0.29, 0.717) is 11.4 Å². The van der Waals surface area contributed by atoms with Gasteiger partial charge in [0.2, 0.25) is 0 Å². The van der Waals surface area contributed by atoms with E-state index in [2.05, 4.69) is 53.3 Å². The van der Waals surface area contributed by atoms with Crippen LogP contribution in [-0.4, -0.2) is 9.97 Å². The molecule has 0 aliphatic heterocycles. The van der Waals surface area contributed by atoms with E-state index in [-0.39, 0.29) is 0 Å². The van der Waals surface area contributed by atoms with Gasteiger partial charge in [-0.2, -0.15) is 5.26 Å². The first kappa shape index (κ1) is 14.0. The fourth-order valence-corrected chi connectivity index (χ4v) is 2.28. The van der Waals surface area contributed by atoms with Crippen LogP contribution in [0.25, 0.3) is 22.5 Å². The first-order valence-corrected chi connectivity index (χ1v) is 7.22. The molecule has 1 heterocycles. The Morgan fingerprint density at radius 3 is 1.82 bits per heavy atom. The normalized spacial score (nSPS) is 10.2. The maximum atomic E-state index is 8.77. The molecular weight excluding hydrogens is 270 g/mol. The summed E-state index contributed by atoms with van der Waals surface area (Å²) in [5, 5.41) is 8.77.